The summed E-state index contributed by atoms with van der Waals surface area (Å²) in [7, 11) is 0. The molecule has 0 amide bonds. The molecule has 1 N–H and O–H groups in total. The maximum absolute atomic E-state index is 6.05. The number of hydrogen-bond acceptors (Lipinski definition) is 2. The van der Waals surface area contributed by atoms with Crippen LogP contribution in [0.2, 0.25) is 0 Å². The number of nitrogens with one attached hydrogen (secondary N) is 1. The highest BCUT2D eigenvalue weighted by atomic mass is 16.5. The second-order valence-electron chi connectivity index (χ2n) is 7.47. The van der Waals surface area contributed by atoms with E-state index >= 15 is 0 Å². The Bertz CT molecular complexity index is 862. The van der Waals surface area contributed by atoms with Gasteiger partial charge in [-0.3, -0.25) is 0 Å². The van der Waals surface area contributed by atoms with Crippen molar-refractivity contribution in [2.24, 2.45) is 5.92 Å². The van der Waals surface area contributed by atoms with Crippen molar-refractivity contribution < 1.29 is 4.74 Å². The van der Waals surface area contributed by atoms with Gasteiger partial charge in [-0.05, 0) is 61.2 Å². The van der Waals surface area contributed by atoms with Crippen LogP contribution in [0.1, 0.15) is 29.9 Å². The highest BCUT2D eigenvalue weighted by Gasteiger charge is 2.35. The van der Waals surface area contributed by atoms with Gasteiger partial charge in [-0.1, -0.05) is 30.3 Å². The molecule has 128 valence electrons. The number of aromatic amines is 1. The lowest BCUT2D eigenvalue weighted by Gasteiger charge is -2.44. The van der Waals surface area contributed by atoms with E-state index in [-0.39, 0.29) is 0 Å². The Hall–Kier alpha value is -2.26. The van der Waals surface area contributed by atoms with Crippen LogP contribution < -0.4 is 4.74 Å². The van der Waals surface area contributed by atoms with Gasteiger partial charge in [0.1, 0.15) is 12.4 Å². The summed E-state index contributed by atoms with van der Waals surface area (Å²) in [5.74, 6) is 2.47. The lowest BCUT2D eigenvalue weighted by Crippen LogP contribution is -2.46. The van der Waals surface area contributed by atoms with Gasteiger partial charge in [0.25, 0.3) is 0 Å². The number of H-pyrrole nitrogens is 1. The maximum atomic E-state index is 6.05. The van der Waals surface area contributed by atoms with Crippen LogP contribution in [-0.2, 0) is 6.61 Å². The van der Waals surface area contributed by atoms with Gasteiger partial charge in [0, 0.05) is 29.6 Å². The fraction of sp³-hybridized carbons (Fsp3) is 0.364. The average molecular weight is 332 g/mol. The molecule has 3 nitrogen and oxygen atoms in total. The zero-order valence-electron chi connectivity index (χ0n) is 14.4. The summed E-state index contributed by atoms with van der Waals surface area (Å²) in [6.07, 6.45) is 4.93. The first-order valence-electron chi connectivity index (χ1n) is 9.37. The summed E-state index contributed by atoms with van der Waals surface area (Å²) in [5, 5.41) is 1.34. The van der Waals surface area contributed by atoms with Gasteiger partial charge in [-0.25, -0.2) is 0 Å². The molecule has 0 aliphatic carbocycles. The van der Waals surface area contributed by atoms with E-state index in [0.717, 1.165) is 11.7 Å². The minimum absolute atomic E-state index is 0.617. The van der Waals surface area contributed by atoms with Crippen molar-refractivity contribution in [3.63, 3.8) is 0 Å². The molecule has 1 unspecified atom stereocenters. The highest BCUT2D eigenvalue weighted by Crippen LogP contribution is 2.41. The number of benzene rings is 2. The lowest BCUT2D eigenvalue weighted by molar-refractivity contribution is 0.0876. The number of fused-ring (bicyclic) bond motifs is 4. The van der Waals surface area contributed by atoms with E-state index in [1.165, 1.54) is 54.5 Å². The largest absolute Gasteiger partial charge is 0.489 e. The summed E-state index contributed by atoms with van der Waals surface area (Å²) >= 11 is 0. The molecule has 3 heteroatoms. The van der Waals surface area contributed by atoms with Gasteiger partial charge in [0.15, 0.2) is 0 Å². The van der Waals surface area contributed by atoms with Crippen LogP contribution in [-0.4, -0.2) is 29.5 Å². The number of rotatable bonds is 4. The molecule has 0 radical (unpaired) electrons. The molecular weight excluding hydrogens is 308 g/mol. The van der Waals surface area contributed by atoms with Crippen LogP contribution in [0.15, 0.2) is 54.7 Å². The van der Waals surface area contributed by atoms with E-state index in [1.54, 1.807) is 0 Å². The quantitative estimate of drug-likeness (QED) is 0.759. The zero-order chi connectivity index (χ0) is 16.6. The van der Waals surface area contributed by atoms with Crippen LogP contribution in [0.25, 0.3) is 10.9 Å². The Morgan fingerprint density at radius 1 is 1.04 bits per heavy atom. The second-order valence-corrected chi connectivity index (χ2v) is 7.47. The number of hydrogen-bond donors (Lipinski definition) is 1. The molecule has 3 aliphatic heterocycles. The molecule has 3 aromatic rings. The van der Waals surface area contributed by atoms with Crippen molar-refractivity contribution in [2.45, 2.75) is 25.4 Å². The third kappa shape index (κ3) is 2.83. The molecule has 3 aliphatic rings. The number of aromatic nitrogens is 1. The fourth-order valence-corrected chi connectivity index (χ4v) is 4.58. The Labute approximate surface area is 148 Å². The number of nitrogens with zero attached hydrogens (tertiary/aromatic N) is 1. The predicted molar refractivity (Wildman–Crippen MR) is 101 cm³/mol. The fourth-order valence-electron chi connectivity index (χ4n) is 4.58. The first-order chi connectivity index (χ1) is 12.4. The molecule has 3 fully saturated rings. The molecule has 1 atom stereocenters. The van der Waals surface area contributed by atoms with Gasteiger partial charge >= 0.3 is 0 Å². The number of ether oxygens (including phenoxy) is 1. The maximum Gasteiger partial charge on any atom is 0.120 e. The summed E-state index contributed by atoms with van der Waals surface area (Å²) < 4.78 is 6.05. The van der Waals surface area contributed by atoms with Crippen LogP contribution in [0.5, 0.6) is 5.75 Å². The Morgan fingerprint density at radius 2 is 1.88 bits per heavy atom. The molecular formula is C22H24N2O. The minimum Gasteiger partial charge on any atom is -0.489 e. The normalized spacial score (nSPS) is 25.4. The van der Waals surface area contributed by atoms with Gasteiger partial charge in [-0.15, -0.1) is 0 Å². The second kappa shape index (κ2) is 6.23. The first kappa shape index (κ1) is 15.0. The summed E-state index contributed by atoms with van der Waals surface area (Å²) in [6.45, 7) is 4.41. The van der Waals surface area contributed by atoms with E-state index in [4.69, 9.17) is 4.74 Å². The summed E-state index contributed by atoms with van der Waals surface area (Å²) in [6, 6.07) is 16.8. The average Bonchev–Trinajstić information content (AvgIpc) is 3.11. The molecule has 0 saturated carbocycles. The van der Waals surface area contributed by atoms with Gasteiger partial charge in [0.05, 0.1) is 0 Å². The van der Waals surface area contributed by atoms with Crippen LogP contribution in [0.3, 0.4) is 0 Å². The third-order valence-electron chi connectivity index (χ3n) is 5.99. The molecule has 6 rings (SSSR count). The molecule has 25 heavy (non-hydrogen) atoms. The third-order valence-corrected chi connectivity index (χ3v) is 5.99. The van der Waals surface area contributed by atoms with Crippen molar-refractivity contribution in [2.75, 3.05) is 19.6 Å². The molecule has 2 aromatic carbocycles. The van der Waals surface area contributed by atoms with Crippen molar-refractivity contribution in [1.29, 1.82) is 0 Å². The van der Waals surface area contributed by atoms with E-state index < -0.39 is 0 Å². The standard InChI is InChI=1S/C22H24N2O/c1-2-4-16(5-3-1)15-25-18-6-7-22-19(12-18)20(13-23-22)21-14-24-10-8-17(21)9-11-24/h1-7,12-13,17,21,23H,8-11,14-15H2. The smallest absolute Gasteiger partial charge is 0.120 e. The highest BCUT2D eigenvalue weighted by molar-refractivity contribution is 5.85. The van der Waals surface area contributed by atoms with E-state index in [1.807, 2.05) is 6.07 Å². The van der Waals surface area contributed by atoms with E-state index in [9.17, 15) is 0 Å². The van der Waals surface area contributed by atoms with E-state index in [0.29, 0.717) is 12.5 Å². The van der Waals surface area contributed by atoms with E-state index in [2.05, 4.69) is 58.5 Å². The predicted octanol–water partition coefficient (Wildman–Crippen LogP) is 4.56. The molecule has 4 heterocycles. The summed E-state index contributed by atoms with van der Waals surface area (Å²) in [5.41, 5.74) is 3.90. The molecule has 3 saturated heterocycles. The van der Waals surface area contributed by atoms with Crippen molar-refractivity contribution in [3.05, 3.63) is 65.9 Å². The Kier molecular flexibility index (Phi) is 3.75. The van der Waals surface area contributed by atoms with Gasteiger partial charge in [0.2, 0.25) is 0 Å². The Balaban J connectivity index is 1.41. The number of piperidine rings is 3. The molecule has 1 aromatic heterocycles. The molecule has 0 spiro atoms. The van der Waals surface area contributed by atoms with Gasteiger partial charge in [-0.2, -0.15) is 0 Å². The van der Waals surface area contributed by atoms with Crippen molar-refractivity contribution in [3.8, 4) is 5.75 Å². The first-order valence-corrected chi connectivity index (χ1v) is 9.37. The van der Waals surface area contributed by atoms with Crippen LogP contribution in [0, 0.1) is 5.92 Å². The van der Waals surface area contributed by atoms with Gasteiger partial charge < -0.3 is 14.6 Å². The lowest BCUT2D eigenvalue weighted by atomic mass is 9.75. The monoisotopic (exact) mass is 332 g/mol. The van der Waals surface area contributed by atoms with Crippen LogP contribution >= 0.6 is 0 Å². The topological polar surface area (TPSA) is 28.3 Å². The minimum atomic E-state index is 0.617. The molecule has 2 bridgehead atoms. The SMILES string of the molecule is c1ccc(COc2ccc3[nH]cc(C4CN5CCC4CC5)c3c2)cc1. The van der Waals surface area contributed by atoms with Crippen molar-refractivity contribution in [1.82, 2.24) is 9.88 Å². The zero-order valence-corrected chi connectivity index (χ0v) is 14.4. The van der Waals surface area contributed by atoms with Crippen molar-refractivity contribution >= 4 is 10.9 Å². The summed E-state index contributed by atoms with van der Waals surface area (Å²) in [4.78, 5) is 6.10. The Morgan fingerprint density at radius 3 is 2.64 bits per heavy atom. The van der Waals surface area contributed by atoms with Crippen LogP contribution in [0.4, 0.5) is 0 Å².